The van der Waals surface area contributed by atoms with Crippen molar-refractivity contribution in [2.24, 2.45) is 0 Å². The lowest BCUT2D eigenvalue weighted by atomic mass is 9.72. The van der Waals surface area contributed by atoms with Crippen LogP contribution < -0.4 is 5.32 Å². The zero-order valence-electron chi connectivity index (χ0n) is 10.7. The lowest BCUT2D eigenvalue weighted by Gasteiger charge is -2.34. The zero-order valence-corrected chi connectivity index (χ0v) is 11.4. The first-order valence-corrected chi connectivity index (χ1v) is 5.88. The maximum atomic E-state index is 12.3. The number of hydrogen-bond donors (Lipinski definition) is 1. The van der Waals surface area contributed by atoms with Gasteiger partial charge in [-0.2, -0.15) is 0 Å². The summed E-state index contributed by atoms with van der Waals surface area (Å²) < 4.78 is 0. The van der Waals surface area contributed by atoms with E-state index in [4.69, 9.17) is 19.4 Å². The lowest BCUT2D eigenvalue weighted by Crippen LogP contribution is -2.57. The largest absolute Gasteiger partial charge is 0.308 e. The summed E-state index contributed by atoms with van der Waals surface area (Å²) in [5.74, 6) is -0.171. The fourth-order valence-corrected chi connectivity index (χ4v) is 1.96. The van der Waals surface area contributed by atoms with Crippen molar-refractivity contribution >= 4 is 25.2 Å². The average molecular weight is 250 g/mol. The molecule has 17 heavy (non-hydrogen) atoms. The SMILES string of the molecule is [B]C(C)(NC(C)(C)C)C(=O)c1cccc(Cl)c1. The maximum Gasteiger partial charge on any atom is 0.173 e. The molecule has 0 aliphatic heterocycles. The van der Waals surface area contributed by atoms with Gasteiger partial charge < -0.3 is 5.32 Å². The minimum atomic E-state index is -1.11. The Morgan fingerprint density at radius 2 is 1.88 bits per heavy atom. The number of benzene rings is 1. The Morgan fingerprint density at radius 3 is 2.35 bits per heavy atom. The van der Waals surface area contributed by atoms with Gasteiger partial charge in [0.25, 0.3) is 0 Å². The molecule has 90 valence electrons. The fraction of sp³-hybridized carbons (Fsp3) is 0.462. The smallest absolute Gasteiger partial charge is 0.173 e. The van der Waals surface area contributed by atoms with E-state index in [0.29, 0.717) is 10.6 Å². The molecule has 0 aromatic heterocycles. The number of Topliss-reactive ketones (excluding diaryl/α,β-unsaturated/α-hetero) is 1. The molecule has 2 radical (unpaired) electrons. The van der Waals surface area contributed by atoms with Crippen molar-refractivity contribution in [3.05, 3.63) is 34.9 Å². The molecule has 1 aromatic carbocycles. The van der Waals surface area contributed by atoms with Crippen molar-refractivity contribution < 1.29 is 4.79 Å². The quantitative estimate of drug-likeness (QED) is 0.659. The van der Waals surface area contributed by atoms with Crippen LogP contribution in [0, 0.1) is 0 Å². The highest BCUT2D eigenvalue weighted by atomic mass is 35.5. The third-order valence-electron chi connectivity index (χ3n) is 2.19. The molecule has 4 heteroatoms. The Labute approximate surface area is 109 Å². The number of hydrogen-bond acceptors (Lipinski definition) is 2. The van der Waals surface area contributed by atoms with E-state index in [9.17, 15) is 4.79 Å². The Balaban J connectivity index is 2.96. The Bertz CT molecular complexity index is 424. The van der Waals surface area contributed by atoms with Crippen molar-refractivity contribution in [3.8, 4) is 0 Å². The van der Waals surface area contributed by atoms with E-state index >= 15 is 0 Å². The Kier molecular flexibility index (Phi) is 4.05. The molecule has 1 rings (SSSR count). The summed E-state index contributed by atoms with van der Waals surface area (Å²) in [5.41, 5.74) is -0.833. The molecule has 0 saturated heterocycles. The number of rotatable bonds is 3. The maximum absolute atomic E-state index is 12.3. The molecule has 1 N–H and O–H groups in total. The predicted molar refractivity (Wildman–Crippen MR) is 72.8 cm³/mol. The Hall–Kier alpha value is -0.795. The number of nitrogens with one attached hydrogen (secondary N) is 1. The number of ketones is 1. The normalized spacial score (nSPS) is 15.4. The van der Waals surface area contributed by atoms with E-state index in [1.54, 1.807) is 31.2 Å². The number of halogens is 1. The van der Waals surface area contributed by atoms with Crippen LogP contribution >= 0.6 is 11.6 Å². The van der Waals surface area contributed by atoms with Crippen molar-refractivity contribution in [2.45, 2.75) is 38.7 Å². The summed E-state index contributed by atoms with van der Waals surface area (Å²) in [7, 11) is 6.02. The van der Waals surface area contributed by atoms with Crippen LogP contribution in [0.4, 0.5) is 0 Å². The molecular formula is C13H17BClNO. The van der Waals surface area contributed by atoms with Crippen molar-refractivity contribution in [2.75, 3.05) is 0 Å². The highest BCUT2D eigenvalue weighted by Gasteiger charge is 2.31. The van der Waals surface area contributed by atoms with Gasteiger partial charge in [-0.05, 0) is 39.8 Å². The van der Waals surface area contributed by atoms with E-state index in [1.807, 2.05) is 20.8 Å². The van der Waals surface area contributed by atoms with Crippen LogP contribution in [0.5, 0.6) is 0 Å². The summed E-state index contributed by atoms with van der Waals surface area (Å²) in [5, 5.41) is 3.63. The van der Waals surface area contributed by atoms with Gasteiger partial charge in [0.15, 0.2) is 5.78 Å². The second-order valence-electron chi connectivity index (χ2n) is 5.42. The van der Waals surface area contributed by atoms with Gasteiger partial charge >= 0.3 is 0 Å². The van der Waals surface area contributed by atoms with Crippen LogP contribution in [0.25, 0.3) is 0 Å². The molecule has 1 atom stereocenters. The summed E-state index contributed by atoms with van der Waals surface area (Å²) in [6.07, 6.45) is 0. The first-order valence-electron chi connectivity index (χ1n) is 5.50. The van der Waals surface area contributed by atoms with Gasteiger partial charge in [-0.15, -0.1) is 0 Å². The van der Waals surface area contributed by atoms with Gasteiger partial charge in [-0.25, -0.2) is 0 Å². The Morgan fingerprint density at radius 1 is 1.29 bits per heavy atom. The molecule has 0 spiro atoms. The van der Waals surface area contributed by atoms with E-state index in [-0.39, 0.29) is 11.3 Å². The number of carbonyl (C=O) groups is 1. The van der Waals surface area contributed by atoms with E-state index in [2.05, 4.69) is 5.32 Å². The number of carbonyl (C=O) groups excluding carboxylic acids is 1. The third-order valence-corrected chi connectivity index (χ3v) is 2.43. The fourth-order valence-electron chi connectivity index (χ4n) is 1.77. The molecule has 1 unspecified atom stereocenters. The average Bonchev–Trinajstić information content (AvgIpc) is 2.12. The van der Waals surface area contributed by atoms with Gasteiger partial charge in [-0.1, -0.05) is 23.7 Å². The standard InChI is InChI=1S/C13H17BClNO/c1-12(2,3)16-13(4,14)11(17)9-6-5-7-10(15)8-9/h5-8,16H,1-4H3. The molecule has 0 fully saturated rings. The zero-order chi connectivity index (χ0) is 13.3. The first-order chi connectivity index (χ1) is 7.62. The molecule has 0 aliphatic carbocycles. The summed E-state index contributed by atoms with van der Waals surface area (Å²) >= 11 is 5.86. The van der Waals surface area contributed by atoms with Gasteiger partial charge in [0.1, 0.15) is 7.85 Å². The highest BCUT2D eigenvalue weighted by Crippen LogP contribution is 2.17. The van der Waals surface area contributed by atoms with Gasteiger partial charge in [0.2, 0.25) is 0 Å². The van der Waals surface area contributed by atoms with E-state index < -0.39 is 5.44 Å². The summed E-state index contributed by atoms with van der Waals surface area (Å²) in [6.45, 7) is 7.55. The molecule has 0 saturated carbocycles. The molecule has 0 heterocycles. The first kappa shape index (κ1) is 14.3. The van der Waals surface area contributed by atoms with Gasteiger partial charge in [-0.3, -0.25) is 4.79 Å². The van der Waals surface area contributed by atoms with Crippen molar-refractivity contribution in [1.29, 1.82) is 0 Å². The summed E-state index contributed by atoms with van der Waals surface area (Å²) in [6, 6.07) is 6.80. The molecule has 0 bridgehead atoms. The minimum absolute atomic E-state index is 0.171. The monoisotopic (exact) mass is 249 g/mol. The third kappa shape index (κ3) is 4.17. The van der Waals surface area contributed by atoms with E-state index in [1.165, 1.54) is 0 Å². The van der Waals surface area contributed by atoms with Crippen molar-refractivity contribution in [1.82, 2.24) is 5.32 Å². The van der Waals surface area contributed by atoms with Crippen LogP contribution in [0.15, 0.2) is 24.3 Å². The van der Waals surface area contributed by atoms with Gasteiger partial charge in [0.05, 0.1) is 0 Å². The topological polar surface area (TPSA) is 29.1 Å². The second kappa shape index (κ2) is 4.83. The van der Waals surface area contributed by atoms with E-state index in [0.717, 1.165) is 0 Å². The van der Waals surface area contributed by atoms with Crippen LogP contribution in [-0.4, -0.2) is 24.6 Å². The predicted octanol–water partition coefficient (Wildman–Crippen LogP) is 2.80. The second-order valence-corrected chi connectivity index (χ2v) is 5.85. The highest BCUT2D eigenvalue weighted by molar-refractivity contribution is 6.33. The molecule has 0 aliphatic rings. The van der Waals surface area contributed by atoms with Crippen LogP contribution in [0.3, 0.4) is 0 Å². The van der Waals surface area contributed by atoms with Crippen LogP contribution in [-0.2, 0) is 0 Å². The van der Waals surface area contributed by atoms with Crippen LogP contribution in [0.1, 0.15) is 38.1 Å². The molecule has 1 aromatic rings. The van der Waals surface area contributed by atoms with Gasteiger partial charge in [0, 0.05) is 21.6 Å². The van der Waals surface area contributed by atoms with Crippen molar-refractivity contribution in [3.63, 3.8) is 0 Å². The molecule has 2 nitrogen and oxygen atoms in total. The minimum Gasteiger partial charge on any atom is -0.308 e. The summed E-state index contributed by atoms with van der Waals surface area (Å²) in [4.78, 5) is 12.3. The molecular weight excluding hydrogens is 232 g/mol. The molecule has 0 amide bonds. The van der Waals surface area contributed by atoms with Crippen LogP contribution in [0.2, 0.25) is 5.02 Å². The lowest BCUT2D eigenvalue weighted by molar-refractivity contribution is 0.0907.